The lowest BCUT2D eigenvalue weighted by atomic mass is 9.93. The Balaban J connectivity index is 0.862. The number of ether oxygens (including phenoxy) is 15. The zero-order valence-electron chi connectivity index (χ0n) is 69.3. The second-order valence-electron chi connectivity index (χ2n) is 31.8. The van der Waals surface area contributed by atoms with E-state index in [4.69, 9.17) is 71.1 Å². The number of hydrogen-bond donors (Lipinski definition) is 26. The van der Waals surface area contributed by atoms with Crippen LogP contribution in [0.2, 0.25) is 0 Å². The lowest BCUT2D eigenvalue weighted by molar-refractivity contribution is -0.395. The van der Waals surface area contributed by atoms with Gasteiger partial charge in [-0.2, -0.15) is 0 Å². The minimum Gasteiger partial charge on any atom is -0.508 e. The van der Waals surface area contributed by atoms with Crippen molar-refractivity contribution in [3.63, 3.8) is 0 Å². The fraction of sp³-hybridized carbons (Fsp3) is 0.671. The molecule has 7 amide bonds. The van der Waals surface area contributed by atoms with Crippen LogP contribution in [0.15, 0.2) is 72.8 Å². The molecule has 3 aromatic carbocycles. The van der Waals surface area contributed by atoms with Gasteiger partial charge in [-0.3, -0.25) is 28.8 Å². The summed E-state index contributed by atoms with van der Waals surface area (Å²) in [5.41, 5.74) is 3.80. The lowest BCUT2D eigenvalue weighted by Crippen LogP contribution is -2.71. The Morgan fingerprint density at radius 2 is 0.773 bits per heavy atom. The van der Waals surface area contributed by atoms with E-state index in [2.05, 4.69) is 37.2 Å². The molecule has 7 fully saturated rings. The monoisotopic (exact) mass is 1830 g/mol. The number of amides is 7. The highest BCUT2D eigenvalue weighted by molar-refractivity contribution is 5.93. The third-order valence-corrected chi connectivity index (χ3v) is 23.0. The number of rotatable bonds is 34. The smallest absolute Gasteiger partial charge is 0.407 e. The molecular formula is C79H111N7O42. The average molecular weight is 1830 g/mol. The van der Waals surface area contributed by atoms with Crippen molar-refractivity contribution in [2.45, 2.75) is 273 Å². The molecule has 714 valence electrons. The van der Waals surface area contributed by atoms with Crippen LogP contribution in [0.5, 0.6) is 5.75 Å². The van der Waals surface area contributed by atoms with E-state index < -0.39 is 333 Å². The number of phenols is 1. The van der Waals surface area contributed by atoms with Crippen LogP contribution < -0.4 is 37.2 Å². The fourth-order valence-corrected chi connectivity index (χ4v) is 16.5. The summed E-state index contributed by atoms with van der Waals surface area (Å²) in [5.74, 6) is -7.54. The summed E-state index contributed by atoms with van der Waals surface area (Å²) in [4.78, 5) is 108. The van der Waals surface area contributed by atoms with Crippen molar-refractivity contribution in [1.29, 1.82) is 0 Å². The Kier molecular flexibility index (Phi) is 35.1. The van der Waals surface area contributed by atoms with E-state index in [1.54, 1.807) is 12.1 Å². The van der Waals surface area contributed by atoms with E-state index in [1.165, 1.54) is 24.3 Å². The van der Waals surface area contributed by atoms with E-state index in [1.807, 2.05) is 36.4 Å². The number of aliphatic hydroxyl groups excluding tert-OH is 18. The van der Waals surface area contributed by atoms with Gasteiger partial charge in [0.25, 0.3) is 0 Å². The van der Waals surface area contributed by atoms with Gasteiger partial charge in [0.1, 0.15) is 195 Å². The Bertz CT molecular complexity index is 4170. The summed E-state index contributed by atoms with van der Waals surface area (Å²) in [6.07, 6.45) is -67.4. The van der Waals surface area contributed by atoms with Crippen molar-refractivity contribution >= 4 is 47.5 Å². The molecule has 0 unspecified atom stereocenters. The van der Waals surface area contributed by atoms with Crippen LogP contribution >= 0.6 is 0 Å². The lowest BCUT2D eigenvalue weighted by Gasteiger charge is -2.51. The third kappa shape index (κ3) is 23.1. The molecule has 1 aliphatic carbocycles. The number of esters is 1. The van der Waals surface area contributed by atoms with Gasteiger partial charge in [-0.1, -0.05) is 60.7 Å². The predicted molar refractivity (Wildman–Crippen MR) is 416 cm³/mol. The molecule has 128 heavy (non-hydrogen) atoms. The predicted octanol–water partition coefficient (Wildman–Crippen LogP) is -12.7. The summed E-state index contributed by atoms with van der Waals surface area (Å²) in [6.45, 7) is -4.15. The largest absolute Gasteiger partial charge is 0.508 e. The number of methoxy groups -OCH3 is 1. The molecule has 0 saturated carbocycles. The summed E-state index contributed by atoms with van der Waals surface area (Å²) in [6, 6.07) is 9.47. The highest BCUT2D eigenvalue weighted by Gasteiger charge is 2.60. The van der Waals surface area contributed by atoms with Crippen LogP contribution in [0, 0.1) is 0 Å². The van der Waals surface area contributed by atoms with Crippen LogP contribution in [0.4, 0.5) is 4.79 Å². The fourth-order valence-electron chi connectivity index (χ4n) is 16.5. The van der Waals surface area contributed by atoms with Crippen LogP contribution in [-0.2, 0) is 111 Å². The topological polar surface area (TPSA) is 744 Å². The molecule has 26 N–H and O–H groups in total. The van der Waals surface area contributed by atoms with Gasteiger partial charge < -0.3 is 205 Å². The van der Waals surface area contributed by atoms with E-state index >= 15 is 0 Å². The van der Waals surface area contributed by atoms with Gasteiger partial charge in [-0.15, -0.1) is 0 Å². The van der Waals surface area contributed by atoms with Crippen LogP contribution in [-0.4, -0.2) is 431 Å². The Labute approximate surface area is 728 Å². The minimum atomic E-state index is -2.55. The summed E-state index contributed by atoms with van der Waals surface area (Å²) in [7, 11) is 1.04. The van der Waals surface area contributed by atoms with Crippen LogP contribution in [0.3, 0.4) is 0 Å². The normalized spacial score (nSPS) is 37.6. The standard InChI is InChI=1S/C79H111N7O42/c1-28(93)80-49-60(106)65(45(24-91)117-71(49)86-48(98)19-39(70(111)84-40(72(112)114-5)18-32-14-16-33(97)17-15-32)85-79(113)116-26-38-36-12-8-6-10-34(36)35-11-7-9-13-37(35)38)124-75-52(83-31(4)96)61(107)66(46(25-92)122-75)125-76-64(110)67(126-78-69(63(109)56(102)44(23-90)121-78)128-74-51(82-30(3)95)59(105)54(100)42(21-88)119-74)57(103)47(123-76)27-115-77-68(62(108)55(101)43(22-89)120-77)127-73-50(81-29(2)94)58(104)53(99)41(20-87)118-73/h6-17,38-47,49-69,71,73-78,87-92,97,99-110H,18-27H2,1-5H3,(H,80,93)(H,81,94)(H,82,95)(H,83,96)(H,84,111)(H,85,113)(H,86,98)/t39-,40-,41+,42+,43+,44+,45+,46+,47+,49+,50+,51+,52+,53+,54+,55+,56+,57+,58+,59+,60+,61+,62-,63-,64-,65+,66+,67-,68-,69-,71+,73-,74-,75-,76-,77-,78+/m0/s1. The molecule has 8 aliphatic rings. The molecule has 49 nitrogen and oxygen atoms in total. The van der Waals surface area contributed by atoms with Crippen LogP contribution in [0.25, 0.3) is 11.1 Å². The number of hydrogen-bond acceptors (Lipinski definition) is 42. The maximum absolute atomic E-state index is 14.6. The van der Waals surface area contributed by atoms with Gasteiger partial charge in [0.15, 0.2) is 44.0 Å². The first-order valence-electron chi connectivity index (χ1n) is 40.9. The molecule has 7 saturated heterocycles. The van der Waals surface area contributed by atoms with Crippen molar-refractivity contribution in [3.8, 4) is 16.9 Å². The Morgan fingerprint density at radius 3 is 1.26 bits per heavy atom. The Hall–Kier alpha value is -8.22. The summed E-state index contributed by atoms with van der Waals surface area (Å²) >= 11 is 0. The Morgan fingerprint density at radius 1 is 0.375 bits per heavy atom. The van der Waals surface area contributed by atoms with E-state index in [9.17, 15) is 135 Å². The molecule has 37 atom stereocenters. The van der Waals surface area contributed by atoms with Gasteiger partial charge >= 0.3 is 12.1 Å². The number of aliphatic hydroxyl groups is 18. The SMILES string of the molecule is COC(=O)[C@H](Cc1ccc(O)cc1)NC(=O)[C@H](CC(=O)N[C@@H]1O[C@H](CO)[C@@H](O[C@@H]2O[C@H](CO)[C@@H](O[C@@H]3O[C@H](CO[C@H]4O[C@H](CO)[C@@H](O)[C@H](O)[C@@H]4O[C@@H]4O[C@H](CO)[C@@H](O)[C@H](O)[C@H]4NC(C)=O)[C@@H](O)[C@H](O[C@H]4O[C@H](CO)[C@@H](O)[C@H](O)[C@@H]4O[C@@H]4O[C@H](CO)[C@@H](O)[C@H](O)[C@H]4NC(C)=O)[C@@H]3O)[C@H](O)[C@H]2NC(C)=O)[C@H](O)[C@H]1NC(C)=O)NC(=O)OCC1c2ccccc2-c2ccccc21. The zero-order valence-corrected chi connectivity index (χ0v) is 69.3. The third-order valence-electron chi connectivity index (χ3n) is 23.0. The number of carbonyl (C=O) groups is 8. The molecule has 0 bridgehead atoms. The second-order valence-corrected chi connectivity index (χ2v) is 31.8. The summed E-state index contributed by atoms with van der Waals surface area (Å²) in [5, 5.41) is 231. The zero-order chi connectivity index (χ0) is 93.1. The van der Waals surface area contributed by atoms with Gasteiger partial charge in [0.2, 0.25) is 35.4 Å². The molecule has 0 spiro atoms. The van der Waals surface area contributed by atoms with Crippen LogP contribution in [0.1, 0.15) is 56.7 Å². The number of alkyl carbamates (subject to hydrolysis) is 1. The first-order chi connectivity index (χ1) is 61.0. The van der Waals surface area contributed by atoms with Gasteiger partial charge in [0, 0.05) is 40.0 Å². The van der Waals surface area contributed by atoms with Crippen molar-refractivity contribution < 1.29 is 206 Å². The number of fused-ring (bicyclic) bond motifs is 3. The van der Waals surface area contributed by atoms with Crippen molar-refractivity contribution in [2.75, 3.05) is 60.0 Å². The first-order valence-corrected chi connectivity index (χ1v) is 40.9. The van der Waals surface area contributed by atoms with Crippen molar-refractivity contribution in [1.82, 2.24) is 37.2 Å². The molecule has 7 aliphatic heterocycles. The molecule has 49 heteroatoms. The van der Waals surface area contributed by atoms with Gasteiger partial charge in [0.05, 0.1) is 59.8 Å². The molecule has 11 rings (SSSR count). The highest BCUT2D eigenvalue weighted by atomic mass is 16.8. The maximum Gasteiger partial charge on any atom is 0.407 e. The molecule has 0 radical (unpaired) electrons. The number of carbonyl (C=O) groups excluding carboxylic acids is 8. The van der Waals surface area contributed by atoms with E-state index in [0.29, 0.717) is 5.56 Å². The van der Waals surface area contributed by atoms with Crippen molar-refractivity contribution in [2.24, 2.45) is 0 Å². The molecule has 0 aromatic heterocycles. The average Bonchev–Trinajstić information content (AvgIpc) is 1.54. The summed E-state index contributed by atoms with van der Waals surface area (Å²) < 4.78 is 89.3. The molecular weight excluding hydrogens is 1720 g/mol. The van der Waals surface area contributed by atoms with Gasteiger partial charge in [-0.05, 0) is 39.9 Å². The van der Waals surface area contributed by atoms with Crippen molar-refractivity contribution in [3.05, 3.63) is 89.5 Å². The first kappa shape index (κ1) is 100. The minimum absolute atomic E-state index is 0.124. The quantitative estimate of drug-likeness (QED) is 0.0247. The number of aromatic hydroxyl groups is 1. The second kappa shape index (κ2) is 44.8. The molecule has 3 aromatic rings. The van der Waals surface area contributed by atoms with E-state index in [-0.39, 0.29) is 18.8 Å². The number of benzene rings is 3. The number of nitrogens with one attached hydrogen (secondary N) is 7. The number of phenolic OH excluding ortho intramolecular Hbond substituents is 1. The van der Waals surface area contributed by atoms with E-state index in [0.717, 1.165) is 57.1 Å². The molecule has 7 heterocycles. The highest BCUT2D eigenvalue weighted by Crippen LogP contribution is 2.45. The maximum atomic E-state index is 14.6. The van der Waals surface area contributed by atoms with Gasteiger partial charge in [-0.25, -0.2) is 9.59 Å².